The van der Waals surface area contributed by atoms with Crippen molar-refractivity contribution in [1.29, 1.82) is 0 Å². The summed E-state index contributed by atoms with van der Waals surface area (Å²) in [7, 11) is 0. The number of rotatable bonds is 4. The summed E-state index contributed by atoms with van der Waals surface area (Å²) in [6.45, 7) is 0. The summed E-state index contributed by atoms with van der Waals surface area (Å²) in [5.74, 6) is -2.21. The number of aromatic nitrogens is 2. The van der Waals surface area contributed by atoms with E-state index >= 15 is 0 Å². The minimum Gasteiger partial charge on any atom is -0.477 e. The van der Waals surface area contributed by atoms with Crippen LogP contribution in [-0.2, 0) is 0 Å². The zero-order valence-corrected chi connectivity index (χ0v) is 15.8. The number of anilines is 1. The van der Waals surface area contributed by atoms with Gasteiger partial charge >= 0.3 is 12.0 Å². The number of para-hydroxylation sites is 2. The second-order valence-electron chi connectivity index (χ2n) is 6.38. The molecular weight excluding hydrogens is 405 g/mol. The fourth-order valence-corrected chi connectivity index (χ4v) is 2.97. The molecule has 0 unspecified atom stereocenters. The van der Waals surface area contributed by atoms with Crippen molar-refractivity contribution in [2.24, 2.45) is 0 Å². The number of carbonyl (C=O) groups is 2. The van der Waals surface area contributed by atoms with Gasteiger partial charge in [-0.25, -0.2) is 19.0 Å². The molecule has 0 radical (unpaired) electrons. The summed E-state index contributed by atoms with van der Waals surface area (Å²) in [6, 6.07) is 14.1. The Morgan fingerprint density at radius 1 is 1.03 bits per heavy atom. The summed E-state index contributed by atoms with van der Waals surface area (Å²) >= 11 is 0. The Hall–Kier alpha value is -4.53. The number of hydrogen-bond donors (Lipinski definition) is 2. The molecule has 4 rings (SSSR count). The number of ether oxygens (including phenoxy) is 1. The summed E-state index contributed by atoms with van der Waals surface area (Å²) in [4.78, 5) is 40.9. The number of fused-ring (bicyclic) bond motifs is 1. The largest absolute Gasteiger partial charge is 0.477 e. The standard InChI is InChI=1S/C22H14FN3O5/c23-15-7-2-4-10-18(15)31-20-16(8-5-11-24-20)25-22(30)26-12-14(21(28)29)19(27)13-6-1-3-9-17(13)26/h1-12H,(H,25,30)(H,28,29). The molecule has 0 atom stereocenters. The molecule has 2 heterocycles. The third kappa shape index (κ3) is 3.84. The Morgan fingerprint density at radius 3 is 2.55 bits per heavy atom. The molecule has 0 saturated heterocycles. The molecule has 0 aliphatic rings. The highest BCUT2D eigenvalue weighted by Crippen LogP contribution is 2.28. The lowest BCUT2D eigenvalue weighted by molar-refractivity contribution is 0.0695. The zero-order chi connectivity index (χ0) is 22.0. The lowest BCUT2D eigenvalue weighted by atomic mass is 10.1. The number of carbonyl (C=O) groups excluding carboxylic acids is 1. The van der Waals surface area contributed by atoms with Crippen LogP contribution in [0.15, 0.2) is 77.9 Å². The molecule has 0 fully saturated rings. The van der Waals surface area contributed by atoms with E-state index in [1.165, 1.54) is 48.7 Å². The molecule has 31 heavy (non-hydrogen) atoms. The molecule has 154 valence electrons. The molecule has 0 saturated carbocycles. The van der Waals surface area contributed by atoms with E-state index in [1.807, 2.05) is 0 Å². The van der Waals surface area contributed by atoms with Crippen LogP contribution < -0.4 is 15.5 Å². The van der Waals surface area contributed by atoms with E-state index in [0.717, 1.165) is 10.8 Å². The van der Waals surface area contributed by atoms with Gasteiger partial charge in [-0.15, -0.1) is 0 Å². The Bertz CT molecular complexity index is 1380. The number of hydrogen-bond acceptors (Lipinski definition) is 5. The van der Waals surface area contributed by atoms with Crippen molar-refractivity contribution in [3.05, 3.63) is 94.7 Å². The average Bonchev–Trinajstić information content (AvgIpc) is 2.76. The maximum Gasteiger partial charge on any atom is 0.341 e. The SMILES string of the molecule is O=C(O)c1cn(C(=O)Nc2cccnc2Oc2ccccc2F)c2ccccc2c1=O. The topological polar surface area (TPSA) is 111 Å². The number of amides is 1. The molecule has 1 amide bonds. The molecule has 0 bridgehead atoms. The fraction of sp³-hybridized carbons (Fsp3) is 0. The van der Waals surface area contributed by atoms with E-state index in [1.54, 1.807) is 18.2 Å². The van der Waals surface area contributed by atoms with Gasteiger partial charge in [0.2, 0.25) is 11.3 Å². The first kappa shape index (κ1) is 19.8. The van der Waals surface area contributed by atoms with E-state index in [0.29, 0.717) is 0 Å². The molecular formula is C22H14FN3O5. The number of nitrogens with zero attached hydrogens (tertiary/aromatic N) is 2. The van der Waals surface area contributed by atoms with Gasteiger partial charge in [-0.1, -0.05) is 24.3 Å². The molecule has 0 aliphatic carbocycles. The van der Waals surface area contributed by atoms with Gasteiger partial charge in [0, 0.05) is 17.8 Å². The summed E-state index contributed by atoms with van der Waals surface area (Å²) < 4.78 is 20.4. The fourth-order valence-electron chi connectivity index (χ4n) is 2.97. The van der Waals surface area contributed by atoms with Crippen LogP contribution in [0.1, 0.15) is 10.4 Å². The summed E-state index contributed by atoms with van der Waals surface area (Å²) in [6.07, 6.45) is 2.36. The first-order valence-electron chi connectivity index (χ1n) is 9.02. The summed E-state index contributed by atoms with van der Waals surface area (Å²) in [5, 5.41) is 12.0. The normalized spacial score (nSPS) is 10.6. The van der Waals surface area contributed by atoms with Crippen LogP contribution in [0.4, 0.5) is 14.9 Å². The number of pyridine rings is 2. The number of carboxylic acid groups (broad SMARTS) is 1. The van der Waals surface area contributed by atoms with Crippen molar-refractivity contribution in [2.45, 2.75) is 0 Å². The van der Waals surface area contributed by atoms with Crippen LogP contribution >= 0.6 is 0 Å². The number of carboxylic acids is 1. The Labute approximate surface area is 174 Å². The first-order chi connectivity index (χ1) is 15.0. The maximum absolute atomic E-state index is 13.9. The lowest BCUT2D eigenvalue weighted by Crippen LogP contribution is -2.26. The Balaban J connectivity index is 1.74. The van der Waals surface area contributed by atoms with Gasteiger partial charge in [0.1, 0.15) is 11.3 Å². The molecule has 2 aromatic carbocycles. The lowest BCUT2D eigenvalue weighted by Gasteiger charge is -2.14. The second kappa shape index (κ2) is 8.07. The molecule has 2 aromatic heterocycles. The van der Waals surface area contributed by atoms with Crippen molar-refractivity contribution in [1.82, 2.24) is 9.55 Å². The zero-order valence-electron chi connectivity index (χ0n) is 15.8. The van der Waals surface area contributed by atoms with Crippen molar-refractivity contribution in [2.75, 3.05) is 5.32 Å². The highest BCUT2D eigenvalue weighted by molar-refractivity contribution is 6.01. The van der Waals surface area contributed by atoms with Gasteiger partial charge in [-0.2, -0.15) is 0 Å². The molecule has 2 N–H and O–H groups in total. The predicted octanol–water partition coefficient (Wildman–Crippen LogP) is 4.11. The average molecular weight is 419 g/mol. The minimum atomic E-state index is -1.46. The smallest absolute Gasteiger partial charge is 0.341 e. The van der Waals surface area contributed by atoms with Gasteiger partial charge < -0.3 is 15.2 Å². The maximum atomic E-state index is 13.9. The quantitative estimate of drug-likeness (QED) is 0.515. The molecule has 0 spiro atoms. The van der Waals surface area contributed by atoms with Crippen molar-refractivity contribution in [3.8, 4) is 11.6 Å². The van der Waals surface area contributed by atoms with Crippen LogP contribution in [0.3, 0.4) is 0 Å². The van der Waals surface area contributed by atoms with Crippen LogP contribution in [0.25, 0.3) is 10.9 Å². The van der Waals surface area contributed by atoms with E-state index in [9.17, 15) is 23.9 Å². The van der Waals surface area contributed by atoms with Crippen LogP contribution in [-0.4, -0.2) is 26.7 Å². The highest BCUT2D eigenvalue weighted by Gasteiger charge is 2.19. The first-order valence-corrected chi connectivity index (χ1v) is 9.02. The second-order valence-corrected chi connectivity index (χ2v) is 6.38. The van der Waals surface area contributed by atoms with Crippen molar-refractivity contribution >= 4 is 28.6 Å². The number of halogens is 1. The summed E-state index contributed by atoms with van der Waals surface area (Å²) in [5.41, 5.74) is -0.911. The third-order valence-electron chi connectivity index (χ3n) is 4.42. The van der Waals surface area contributed by atoms with E-state index in [2.05, 4.69) is 10.3 Å². The molecule has 4 aromatic rings. The van der Waals surface area contributed by atoms with Crippen LogP contribution in [0.5, 0.6) is 11.6 Å². The van der Waals surface area contributed by atoms with Gasteiger partial charge in [0.25, 0.3) is 0 Å². The number of aromatic carboxylic acids is 1. The predicted molar refractivity (Wildman–Crippen MR) is 110 cm³/mol. The van der Waals surface area contributed by atoms with Gasteiger partial charge in [-0.3, -0.25) is 9.36 Å². The van der Waals surface area contributed by atoms with E-state index < -0.39 is 28.8 Å². The third-order valence-corrected chi connectivity index (χ3v) is 4.42. The molecule has 9 heteroatoms. The van der Waals surface area contributed by atoms with Crippen LogP contribution in [0.2, 0.25) is 0 Å². The molecule has 8 nitrogen and oxygen atoms in total. The number of benzene rings is 2. The van der Waals surface area contributed by atoms with Crippen molar-refractivity contribution < 1.29 is 23.8 Å². The Kier molecular flexibility index (Phi) is 5.15. The molecule has 0 aliphatic heterocycles. The van der Waals surface area contributed by atoms with Gasteiger partial charge in [0.15, 0.2) is 11.6 Å². The number of nitrogens with one attached hydrogen (secondary N) is 1. The highest BCUT2D eigenvalue weighted by atomic mass is 19.1. The monoisotopic (exact) mass is 419 g/mol. The van der Waals surface area contributed by atoms with E-state index in [-0.39, 0.29) is 28.2 Å². The minimum absolute atomic E-state index is 0.0650. The van der Waals surface area contributed by atoms with Crippen molar-refractivity contribution in [3.63, 3.8) is 0 Å². The van der Waals surface area contributed by atoms with E-state index in [4.69, 9.17) is 4.74 Å². The van der Waals surface area contributed by atoms with Gasteiger partial charge in [0.05, 0.1) is 5.52 Å². The van der Waals surface area contributed by atoms with Gasteiger partial charge in [-0.05, 0) is 36.4 Å². The Morgan fingerprint density at radius 2 is 1.77 bits per heavy atom. The van der Waals surface area contributed by atoms with Crippen LogP contribution in [0, 0.1) is 5.82 Å².